The zero-order valence-corrected chi connectivity index (χ0v) is 18.6. The number of methoxy groups -OCH3 is 1. The number of pyridine rings is 2. The van der Waals surface area contributed by atoms with E-state index in [0.29, 0.717) is 11.6 Å². The second-order valence-corrected chi connectivity index (χ2v) is 8.07. The number of alkyl halides is 1. The largest absolute Gasteiger partial charge is 0.382 e. The number of rotatable bonds is 7. The third kappa shape index (κ3) is 3.96. The molecule has 0 aliphatic carbocycles. The molecule has 1 atom stereocenters. The smallest absolute Gasteiger partial charge is 0.135 e. The van der Waals surface area contributed by atoms with Crippen molar-refractivity contribution in [1.82, 2.24) is 14.5 Å². The van der Waals surface area contributed by atoms with Crippen molar-refractivity contribution in [3.8, 4) is 11.3 Å². The SMILES string of the molecule is CNc1nc(C(C)C)c(Cl)cc1-c1nc2c(C)cn(C(CF)COC)c2cc1C. The molecule has 3 aromatic heterocycles. The Labute approximate surface area is 176 Å². The number of ether oxygens (including phenoxy) is 1. The Morgan fingerprint density at radius 2 is 1.93 bits per heavy atom. The standard InChI is InChI=1S/C22H28ClFN4O/c1-12(2)19-17(23)8-16(22(25-5)27-19)20-13(3)7-18-21(26-20)14(4)10-28(18)15(9-24)11-29-6/h7-8,10,12,15H,9,11H2,1-6H3,(H,25,27). The highest BCUT2D eigenvalue weighted by Gasteiger charge is 2.20. The van der Waals surface area contributed by atoms with Crippen LogP contribution in [0.1, 0.15) is 42.6 Å². The van der Waals surface area contributed by atoms with Gasteiger partial charge >= 0.3 is 0 Å². The van der Waals surface area contributed by atoms with Gasteiger partial charge in [0.15, 0.2) is 0 Å². The first-order valence-corrected chi connectivity index (χ1v) is 10.1. The molecule has 5 nitrogen and oxygen atoms in total. The summed E-state index contributed by atoms with van der Waals surface area (Å²) in [7, 11) is 3.43. The minimum atomic E-state index is -0.502. The molecule has 0 saturated carbocycles. The van der Waals surface area contributed by atoms with Crippen LogP contribution in [0.2, 0.25) is 5.02 Å². The predicted molar refractivity (Wildman–Crippen MR) is 118 cm³/mol. The van der Waals surface area contributed by atoms with E-state index in [1.807, 2.05) is 43.8 Å². The van der Waals surface area contributed by atoms with Crippen molar-refractivity contribution in [2.75, 3.05) is 32.8 Å². The van der Waals surface area contributed by atoms with Crippen LogP contribution in [0.15, 0.2) is 18.3 Å². The van der Waals surface area contributed by atoms with Gasteiger partial charge in [-0.25, -0.2) is 14.4 Å². The summed E-state index contributed by atoms with van der Waals surface area (Å²) in [5.74, 6) is 0.959. The van der Waals surface area contributed by atoms with Gasteiger partial charge in [-0.3, -0.25) is 0 Å². The van der Waals surface area contributed by atoms with E-state index in [-0.39, 0.29) is 12.0 Å². The summed E-state index contributed by atoms with van der Waals surface area (Å²) in [6.45, 7) is 7.92. The van der Waals surface area contributed by atoms with E-state index in [0.717, 1.165) is 44.9 Å². The molecule has 1 unspecified atom stereocenters. The summed E-state index contributed by atoms with van der Waals surface area (Å²) in [4.78, 5) is 9.67. The molecule has 3 aromatic rings. The van der Waals surface area contributed by atoms with Gasteiger partial charge in [0.2, 0.25) is 0 Å². The molecule has 0 bridgehead atoms. The number of hydrogen-bond acceptors (Lipinski definition) is 4. The molecule has 0 saturated heterocycles. The Kier molecular flexibility index (Phi) is 6.44. The maximum absolute atomic E-state index is 13.6. The molecule has 29 heavy (non-hydrogen) atoms. The van der Waals surface area contributed by atoms with E-state index >= 15 is 0 Å². The Bertz CT molecular complexity index is 1030. The van der Waals surface area contributed by atoms with Crippen LogP contribution in [0.3, 0.4) is 0 Å². The van der Waals surface area contributed by atoms with Crippen LogP contribution >= 0.6 is 11.6 Å². The summed E-state index contributed by atoms with van der Waals surface area (Å²) in [6, 6.07) is 3.60. The lowest BCUT2D eigenvalue weighted by Crippen LogP contribution is -2.15. The van der Waals surface area contributed by atoms with Crippen molar-refractivity contribution in [2.24, 2.45) is 0 Å². The average Bonchev–Trinajstić information content (AvgIpc) is 3.00. The van der Waals surface area contributed by atoms with Crippen LogP contribution in [0.4, 0.5) is 10.2 Å². The summed E-state index contributed by atoms with van der Waals surface area (Å²) in [6.07, 6.45) is 1.94. The fraction of sp³-hybridized carbons (Fsp3) is 0.455. The predicted octanol–water partition coefficient (Wildman–Crippen LogP) is 5.69. The Balaban J connectivity index is 2.21. The van der Waals surface area contributed by atoms with Gasteiger partial charge in [-0.2, -0.15) is 0 Å². The molecule has 0 aromatic carbocycles. The van der Waals surface area contributed by atoms with Crippen molar-refractivity contribution in [2.45, 2.75) is 39.7 Å². The van der Waals surface area contributed by atoms with Gasteiger partial charge < -0.3 is 14.6 Å². The van der Waals surface area contributed by atoms with Gasteiger partial charge in [-0.15, -0.1) is 0 Å². The van der Waals surface area contributed by atoms with Crippen LogP contribution < -0.4 is 5.32 Å². The monoisotopic (exact) mass is 418 g/mol. The molecule has 0 radical (unpaired) electrons. The number of aryl methyl sites for hydroxylation is 2. The number of fused-ring (bicyclic) bond motifs is 1. The van der Waals surface area contributed by atoms with E-state index in [4.69, 9.17) is 26.3 Å². The van der Waals surface area contributed by atoms with E-state index in [1.54, 1.807) is 7.11 Å². The second kappa shape index (κ2) is 8.67. The fourth-order valence-corrected chi connectivity index (χ4v) is 4.04. The van der Waals surface area contributed by atoms with E-state index in [1.165, 1.54) is 0 Å². The maximum Gasteiger partial charge on any atom is 0.135 e. The minimum absolute atomic E-state index is 0.217. The summed E-state index contributed by atoms with van der Waals surface area (Å²) >= 11 is 6.53. The topological polar surface area (TPSA) is 52.0 Å². The quantitative estimate of drug-likeness (QED) is 0.535. The molecule has 0 amide bonds. The number of halogens is 2. The molecule has 0 spiro atoms. The third-order valence-corrected chi connectivity index (χ3v) is 5.45. The Morgan fingerprint density at radius 1 is 1.21 bits per heavy atom. The van der Waals surface area contributed by atoms with Crippen LogP contribution in [0.25, 0.3) is 22.3 Å². The van der Waals surface area contributed by atoms with Crippen molar-refractivity contribution in [3.05, 3.63) is 40.2 Å². The average molecular weight is 419 g/mol. The van der Waals surface area contributed by atoms with Crippen LogP contribution in [-0.4, -0.2) is 42.0 Å². The lowest BCUT2D eigenvalue weighted by atomic mass is 10.0. The molecule has 1 N–H and O–H groups in total. The highest BCUT2D eigenvalue weighted by Crippen LogP contribution is 2.36. The first-order valence-electron chi connectivity index (χ1n) is 9.74. The number of nitrogens with zero attached hydrogens (tertiary/aromatic N) is 3. The molecule has 0 aliphatic heterocycles. The lowest BCUT2D eigenvalue weighted by molar-refractivity contribution is 0.142. The van der Waals surface area contributed by atoms with Gasteiger partial charge in [0.25, 0.3) is 0 Å². The van der Waals surface area contributed by atoms with Gasteiger partial charge in [-0.1, -0.05) is 25.4 Å². The number of hydrogen-bond donors (Lipinski definition) is 1. The summed E-state index contributed by atoms with van der Waals surface area (Å²) in [5, 5.41) is 3.80. The summed E-state index contributed by atoms with van der Waals surface area (Å²) in [5.41, 5.74) is 6.21. The van der Waals surface area contributed by atoms with Gasteiger partial charge in [-0.05, 0) is 43.0 Å². The molecule has 0 fully saturated rings. The molecule has 7 heteroatoms. The Morgan fingerprint density at radius 3 is 2.52 bits per heavy atom. The molecule has 156 valence electrons. The van der Waals surface area contributed by atoms with Crippen molar-refractivity contribution < 1.29 is 9.13 Å². The van der Waals surface area contributed by atoms with Crippen molar-refractivity contribution in [1.29, 1.82) is 0 Å². The van der Waals surface area contributed by atoms with Crippen LogP contribution in [0.5, 0.6) is 0 Å². The zero-order chi connectivity index (χ0) is 21.3. The Hall–Kier alpha value is -2.18. The molecule has 3 rings (SSSR count). The van der Waals surface area contributed by atoms with Crippen LogP contribution in [0, 0.1) is 13.8 Å². The number of nitrogens with one attached hydrogen (secondary N) is 1. The minimum Gasteiger partial charge on any atom is -0.382 e. The molecular weight excluding hydrogens is 391 g/mol. The first kappa shape index (κ1) is 21.5. The van der Waals surface area contributed by atoms with Crippen molar-refractivity contribution >= 4 is 28.5 Å². The second-order valence-electron chi connectivity index (χ2n) is 7.66. The van der Waals surface area contributed by atoms with Gasteiger partial charge in [0.05, 0.1) is 40.1 Å². The molecular formula is C22H28ClFN4O. The highest BCUT2D eigenvalue weighted by atomic mass is 35.5. The number of aromatic nitrogens is 3. The van der Waals surface area contributed by atoms with E-state index in [9.17, 15) is 4.39 Å². The van der Waals surface area contributed by atoms with Gasteiger partial charge in [0.1, 0.15) is 12.5 Å². The van der Waals surface area contributed by atoms with Crippen molar-refractivity contribution in [3.63, 3.8) is 0 Å². The fourth-order valence-electron chi connectivity index (χ4n) is 3.67. The normalized spacial score (nSPS) is 12.7. The zero-order valence-electron chi connectivity index (χ0n) is 17.8. The molecule has 3 heterocycles. The lowest BCUT2D eigenvalue weighted by Gasteiger charge is -2.17. The summed E-state index contributed by atoms with van der Waals surface area (Å²) < 4.78 is 20.7. The molecule has 0 aliphatic rings. The third-order valence-electron chi connectivity index (χ3n) is 5.15. The van der Waals surface area contributed by atoms with E-state index in [2.05, 4.69) is 19.2 Å². The number of anilines is 1. The first-order chi connectivity index (χ1) is 13.8. The highest BCUT2D eigenvalue weighted by molar-refractivity contribution is 6.31. The van der Waals surface area contributed by atoms with Crippen LogP contribution in [-0.2, 0) is 4.74 Å². The van der Waals surface area contributed by atoms with E-state index < -0.39 is 6.67 Å². The van der Waals surface area contributed by atoms with Gasteiger partial charge in [0, 0.05) is 25.9 Å². The maximum atomic E-state index is 13.6.